The average molecular weight is 540 g/mol. The maximum Gasteiger partial charge on any atom is 0.297 e. The first-order chi connectivity index (χ1) is 18.7. The average Bonchev–Trinajstić information content (AvgIpc) is 3.24. The third kappa shape index (κ3) is 3.92. The Morgan fingerprint density at radius 2 is 1.92 bits per heavy atom. The van der Waals surface area contributed by atoms with Crippen LogP contribution >= 0.6 is 0 Å². The molecule has 1 amide bonds. The van der Waals surface area contributed by atoms with E-state index in [0.717, 1.165) is 16.5 Å². The minimum absolute atomic E-state index is 0.111. The van der Waals surface area contributed by atoms with Gasteiger partial charge in [-0.05, 0) is 47.7 Å². The SMILES string of the molecule is C#Cc1ccc2c3c(c([C@@H](C)NC(=O)c4c(NS(N)(=O)=O)nn5cccnc45)n(-c4ccccc4)c(=O)c13)C2. The summed E-state index contributed by atoms with van der Waals surface area (Å²) in [6, 6.07) is 13.7. The number of fused-ring (bicyclic) bond motifs is 1. The predicted molar refractivity (Wildman–Crippen MR) is 146 cm³/mol. The van der Waals surface area contributed by atoms with E-state index in [1.807, 2.05) is 24.3 Å². The normalized spacial score (nSPS) is 13.1. The predicted octanol–water partition coefficient (Wildman–Crippen LogP) is 2.03. The number of anilines is 1. The van der Waals surface area contributed by atoms with E-state index in [1.54, 1.807) is 35.8 Å². The molecule has 11 nitrogen and oxygen atoms in total. The third-order valence-electron chi connectivity index (χ3n) is 6.72. The topological polar surface area (TPSA) is 153 Å². The van der Waals surface area contributed by atoms with Gasteiger partial charge in [0.2, 0.25) is 0 Å². The minimum Gasteiger partial charge on any atom is -0.344 e. The molecule has 3 heterocycles. The standard InChI is InChI=1S/C27H21N7O4S/c1-3-16-10-11-17-14-19-20(17)21(16)27(36)34(18-8-5-4-6-9-18)23(19)15(2)30-26(35)22-24(32-39(28,37)38)31-33-13-7-12-29-25(22)33/h1,4-13,15H,14H2,2H3,(H,30,35)(H,31,32)(H2,28,37,38)/t15-/m1/s1. The molecule has 0 spiro atoms. The lowest BCUT2D eigenvalue weighted by molar-refractivity contribution is 0.0941. The molecule has 5 aromatic rings. The van der Waals surface area contributed by atoms with Gasteiger partial charge in [-0.25, -0.2) is 14.6 Å². The van der Waals surface area contributed by atoms with Crippen molar-refractivity contribution in [2.45, 2.75) is 19.4 Å². The van der Waals surface area contributed by atoms with E-state index in [9.17, 15) is 18.0 Å². The Morgan fingerprint density at radius 1 is 1.15 bits per heavy atom. The third-order valence-corrected chi connectivity index (χ3v) is 7.19. The molecule has 1 atom stereocenters. The van der Waals surface area contributed by atoms with E-state index in [1.165, 1.54) is 16.9 Å². The van der Waals surface area contributed by atoms with Gasteiger partial charge in [0.05, 0.1) is 17.1 Å². The van der Waals surface area contributed by atoms with E-state index in [4.69, 9.17) is 11.6 Å². The van der Waals surface area contributed by atoms with Crippen molar-refractivity contribution in [2.75, 3.05) is 4.72 Å². The van der Waals surface area contributed by atoms with Crippen LogP contribution in [0.25, 0.3) is 22.1 Å². The monoisotopic (exact) mass is 539 g/mol. The fraction of sp³-hybridized carbons (Fsp3) is 0.111. The summed E-state index contributed by atoms with van der Waals surface area (Å²) in [5.74, 6) is 1.70. The van der Waals surface area contributed by atoms with Crippen LogP contribution in [-0.4, -0.2) is 33.5 Å². The Bertz CT molecular complexity index is 2040. The van der Waals surface area contributed by atoms with Gasteiger partial charge in [-0.1, -0.05) is 30.2 Å². The van der Waals surface area contributed by atoms with Crippen LogP contribution in [0.2, 0.25) is 0 Å². The number of carbonyl (C=O) groups excluding carboxylic acids is 1. The number of carbonyl (C=O) groups is 1. The first-order valence-electron chi connectivity index (χ1n) is 11.9. The number of benzene rings is 2. The number of nitrogens with one attached hydrogen (secondary N) is 2. The maximum absolute atomic E-state index is 14.0. The van der Waals surface area contributed by atoms with Crippen LogP contribution in [0.4, 0.5) is 5.82 Å². The number of amides is 1. The number of hydrogen-bond acceptors (Lipinski definition) is 6. The molecule has 0 bridgehead atoms. The van der Waals surface area contributed by atoms with Crippen LogP contribution in [0.1, 0.15) is 45.7 Å². The number of aromatic nitrogens is 4. The molecule has 0 saturated carbocycles. The molecule has 4 N–H and O–H groups in total. The molecule has 0 saturated heterocycles. The van der Waals surface area contributed by atoms with Gasteiger partial charge in [0.15, 0.2) is 11.5 Å². The van der Waals surface area contributed by atoms with E-state index < -0.39 is 22.2 Å². The Labute approximate surface area is 222 Å². The van der Waals surface area contributed by atoms with Crippen molar-refractivity contribution in [1.29, 1.82) is 0 Å². The van der Waals surface area contributed by atoms with Gasteiger partial charge in [-0.3, -0.25) is 18.9 Å². The Balaban J connectivity index is 1.52. The summed E-state index contributed by atoms with van der Waals surface area (Å²) in [6.45, 7) is 1.75. The molecule has 2 aromatic carbocycles. The van der Waals surface area contributed by atoms with Crippen molar-refractivity contribution in [2.24, 2.45) is 5.14 Å². The summed E-state index contributed by atoms with van der Waals surface area (Å²) in [5.41, 5.74) is 3.34. The zero-order chi connectivity index (χ0) is 27.5. The van der Waals surface area contributed by atoms with E-state index in [-0.39, 0.29) is 22.6 Å². The molecule has 39 heavy (non-hydrogen) atoms. The van der Waals surface area contributed by atoms with Gasteiger partial charge in [-0.2, -0.15) is 8.42 Å². The summed E-state index contributed by atoms with van der Waals surface area (Å²) >= 11 is 0. The van der Waals surface area contributed by atoms with E-state index in [2.05, 4.69) is 26.0 Å². The summed E-state index contributed by atoms with van der Waals surface area (Å²) in [6.07, 6.45) is 9.31. The highest BCUT2D eigenvalue weighted by Crippen LogP contribution is 2.39. The minimum atomic E-state index is -4.23. The van der Waals surface area contributed by atoms with Crippen LogP contribution < -0.4 is 20.7 Å². The van der Waals surface area contributed by atoms with Gasteiger partial charge in [-0.15, -0.1) is 11.5 Å². The fourth-order valence-corrected chi connectivity index (χ4v) is 5.57. The number of nitrogens with zero attached hydrogens (tertiary/aromatic N) is 4. The van der Waals surface area contributed by atoms with Crippen molar-refractivity contribution in [1.82, 2.24) is 24.5 Å². The second-order valence-corrected chi connectivity index (χ2v) is 10.4. The quantitative estimate of drug-likeness (QED) is 0.275. The Morgan fingerprint density at radius 3 is 2.64 bits per heavy atom. The van der Waals surface area contributed by atoms with Crippen LogP contribution in [0, 0.1) is 12.3 Å². The first-order valence-corrected chi connectivity index (χ1v) is 13.4. The highest BCUT2D eigenvalue weighted by Gasteiger charge is 2.32. The summed E-state index contributed by atoms with van der Waals surface area (Å²) in [7, 11) is -4.23. The lowest BCUT2D eigenvalue weighted by Gasteiger charge is -2.30. The molecule has 12 heteroatoms. The smallest absolute Gasteiger partial charge is 0.297 e. The Hall–Kier alpha value is -4.99. The van der Waals surface area contributed by atoms with Crippen LogP contribution in [-0.2, 0) is 16.6 Å². The molecule has 6 rings (SSSR count). The number of pyridine rings is 1. The summed E-state index contributed by atoms with van der Waals surface area (Å²) in [5, 5.41) is 13.5. The van der Waals surface area contributed by atoms with E-state index >= 15 is 0 Å². The van der Waals surface area contributed by atoms with Crippen molar-refractivity contribution in [3.05, 3.63) is 99.2 Å². The molecule has 1 aliphatic rings. The molecule has 0 aliphatic heterocycles. The lowest BCUT2D eigenvalue weighted by atomic mass is 9.81. The molecule has 1 aliphatic carbocycles. The molecule has 194 valence electrons. The molecule has 3 aromatic heterocycles. The molecule has 0 fully saturated rings. The van der Waals surface area contributed by atoms with Crippen molar-refractivity contribution in [3.63, 3.8) is 0 Å². The second kappa shape index (κ2) is 8.80. The van der Waals surface area contributed by atoms with Gasteiger partial charge < -0.3 is 5.32 Å². The second-order valence-electron chi connectivity index (χ2n) is 9.14. The van der Waals surface area contributed by atoms with Gasteiger partial charge in [0.1, 0.15) is 5.56 Å². The highest BCUT2D eigenvalue weighted by atomic mass is 32.2. The first kappa shape index (κ1) is 24.4. The van der Waals surface area contributed by atoms with Gasteiger partial charge in [0.25, 0.3) is 21.7 Å². The molecule has 0 radical (unpaired) electrons. The molecular formula is C27H21N7O4S. The van der Waals surface area contributed by atoms with Crippen molar-refractivity contribution >= 4 is 38.4 Å². The number of para-hydroxylation sites is 1. The van der Waals surface area contributed by atoms with Gasteiger partial charge in [0, 0.05) is 30.1 Å². The summed E-state index contributed by atoms with van der Waals surface area (Å²) in [4.78, 5) is 31.8. The number of terminal acetylenes is 1. The number of nitrogens with two attached hydrogens (primary N) is 1. The largest absolute Gasteiger partial charge is 0.344 e. The van der Waals surface area contributed by atoms with Crippen LogP contribution in [0.15, 0.2) is 65.7 Å². The maximum atomic E-state index is 14.0. The van der Waals surface area contributed by atoms with Crippen LogP contribution in [0.3, 0.4) is 0 Å². The van der Waals surface area contributed by atoms with Crippen molar-refractivity contribution in [3.8, 4) is 18.0 Å². The zero-order valence-corrected chi connectivity index (χ0v) is 21.4. The van der Waals surface area contributed by atoms with Gasteiger partial charge >= 0.3 is 0 Å². The molecular weight excluding hydrogens is 518 g/mol. The Kier molecular flexibility index (Phi) is 5.49. The number of rotatable bonds is 6. The summed E-state index contributed by atoms with van der Waals surface area (Å²) < 4.78 is 28.5. The zero-order valence-electron chi connectivity index (χ0n) is 20.5. The fourth-order valence-electron chi connectivity index (χ4n) is 5.15. The van der Waals surface area contributed by atoms with E-state index in [0.29, 0.717) is 28.8 Å². The lowest BCUT2D eigenvalue weighted by Crippen LogP contribution is -2.35. The molecule has 0 unspecified atom stereocenters. The highest BCUT2D eigenvalue weighted by molar-refractivity contribution is 7.90. The van der Waals surface area contributed by atoms with Crippen LogP contribution in [0.5, 0.6) is 0 Å². The number of hydrogen-bond donors (Lipinski definition) is 3. The van der Waals surface area contributed by atoms with Crippen molar-refractivity contribution < 1.29 is 13.2 Å².